The molecule has 0 spiro atoms. The summed E-state index contributed by atoms with van der Waals surface area (Å²) in [6, 6.07) is 0. The zero-order valence-electron chi connectivity index (χ0n) is 10.2. The fraction of sp³-hybridized carbons (Fsp3) is 0.417. The Labute approximate surface area is 101 Å². The van der Waals surface area contributed by atoms with Crippen molar-refractivity contribution in [3.8, 4) is 11.8 Å². The van der Waals surface area contributed by atoms with E-state index in [1.807, 2.05) is 0 Å². The number of nitrogens with zero attached hydrogens (tertiary/aromatic N) is 2. The molecule has 0 bridgehead atoms. The van der Waals surface area contributed by atoms with Crippen molar-refractivity contribution in [3.05, 3.63) is 24.3 Å². The summed E-state index contributed by atoms with van der Waals surface area (Å²) in [6.07, 6.45) is 4.17. The van der Waals surface area contributed by atoms with Gasteiger partial charge in [0.15, 0.2) is 0 Å². The Kier molecular flexibility index (Phi) is 4.46. The molecule has 5 heteroatoms. The molecule has 0 aliphatic carbocycles. The maximum atomic E-state index is 11.2. The number of hydrogen-bond donors (Lipinski definition) is 1. The Balaban J connectivity index is 2.34. The molecule has 1 N–H and O–H groups in total. The van der Waals surface area contributed by atoms with Gasteiger partial charge in [-0.15, -0.1) is 0 Å². The minimum atomic E-state index is -0.495. The number of hydrogen-bond acceptors (Lipinski definition) is 4. The van der Waals surface area contributed by atoms with Crippen LogP contribution in [0.4, 0.5) is 4.79 Å². The first-order valence-electron chi connectivity index (χ1n) is 5.18. The van der Waals surface area contributed by atoms with Gasteiger partial charge in [-0.3, -0.25) is 0 Å². The third-order valence-corrected chi connectivity index (χ3v) is 1.51. The minimum absolute atomic E-state index is 0.226. The lowest BCUT2D eigenvalue weighted by Gasteiger charge is -2.18. The average molecular weight is 233 g/mol. The van der Waals surface area contributed by atoms with Crippen LogP contribution in [0.3, 0.4) is 0 Å². The summed E-state index contributed by atoms with van der Waals surface area (Å²) in [6.45, 7) is 5.64. The summed E-state index contributed by atoms with van der Waals surface area (Å²) in [5.74, 6) is 5.59. The first kappa shape index (κ1) is 13.0. The second-order valence-corrected chi connectivity index (χ2v) is 4.28. The van der Waals surface area contributed by atoms with Gasteiger partial charge in [-0.05, 0) is 20.8 Å². The lowest BCUT2D eigenvalue weighted by atomic mass is 10.2. The van der Waals surface area contributed by atoms with Crippen molar-refractivity contribution >= 4 is 6.09 Å². The van der Waals surface area contributed by atoms with Gasteiger partial charge in [0.1, 0.15) is 11.9 Å². The zero-order chi connectivity index (χ0) is 12.7. The molecule has 1 aromatic heterocycles. The van der Waals surface area contributed by atoms with Crippen LogP contribution in [0, 0.1) is 11.8 Å². The van der Waals surface area contributed by atoms with Gasteiger partial charge < -0.3 is 10.1 Å². The molecular weight excluding hydrogens is 218 g/mol. The molecule has 5 nitrogen and oxygen atoms in total. The number of amides is 1. The highest BCUT2D eigenvalue weighted by molar-refractivity contribution is 5.68. The zero-order valence-corrected chi connectivity index (χ0v) is 10.2. The minimum Gasteiger partial charge on any atom is -0.444 e. The summed E-state index contributed by atoms with van der Waals surface area (Å²) < 4.78 is 5.05. The molecule has 0 fully saturated rings. The van der Waals surface area contributed by atoms with Crippen LogP contribution in [-0.4, -0.2) is 28.2 Å². The molecule has 0 saturated carbocycles. The van der Waals surface area contributed by atoms with Gasteiger partial charge in [0.2, 0.25) is 0 Å². The fourth-order valence-corrected chi connectivity index (χ4v) is 0.940. The molecule has 17 heavy (non-hydrogen) atoms. The lowest BCUT2D eigenvalue weighted by molar-refractivity contribution is 0.0535. The van der Waals surface area contributed by atoms with E-state index in [0.717, 1.165) is 0 Å². The average Bonchev–Trinajstić information content (AvgIpc) is 2.23. The monoisotopic (exact) mass is 233 g/mol. The highest BCUT2D eigenvalue weighted by Gasteiger charge is 2.14. The number of rotatable bonds is 1. The molecule has 90 valence electrons. The van der Waals surface area contributed by atoms with Crippen molar-refractivity contribution in [2.45, 2.75) is 26.4 Å². The molecule has 1 aromatic rings. The number of alkyl carbamates (subject to hydrolysis) is 1. The number of carbonyl (C=O) groups excluding carboxylic acids is 1. The normalized spacial score (nSPS) is 10.1. The van der Waals surface area contributed by atoms with Crippen LogP contribution >= 0.6 is 0 Å². The van der Waals surface area contributed by atoms with Gasteiger partial charge in [0, 0.05) is 12.4 Å². The first-order chi connectivity index (χ1) is 7.97. The smallest absolute Gasteiger partial charge is 0.408 e. The van der Waals surface area contributed by atoms with Crippen molar-refractivity contribution in [2.75, 3.05) is 6.54 Å². The van der Waals surface area contributed by atoms with Gasteiger partial charge in [-0.2, -0.15) is 0 Å². The predicted octanol–water partition coefficient (Wildman–Crippen LogP) is 1.35. The van der Waals surface area contributed by atoms with E-state index in [9.17, 15) is 4.79 Å². The second kappa shape index (κ2) is 5.85. The molecule has 0 atom stereocenters. The largest absolute Gasteiger partial charge is 0.444 e. The van der Waals surface area contributed by atoms with E-state index in [-0.39, 0.29) is 6.54 Å². The molecule has 1 heterocycles. The highest BCUT2D eigenvalue weighted by atomic mass is 16.6. The van der Waals surface area contributed by atoms with Gasteiger partial charge in [0.05, 0.1) is 12.1 Å². The predicted molar refractivity (Wildman–Crippen MR) is 63.1 cm³/mol. The fourth-order valence-electron chi connectivity index (χ4n) is 0.940. The van der Waals surface area contributed by atoms with Gasteiger partial charge in [-0.25, -0.2) is 14.8 Å². The van der Waals surface area contributed by atoms with Crippen LogP contribution in [0.5, 0.6) is 0 Å². The molecule has 1 amide bonds. The summed E-state index contributed by atoms with van der Waals surface area (Å²) >= 11 is 0. The number of carbonyl (C=O) groups is 1. The van der Waals surface area contributed by atoms with E-state index >= 15 is 0 Å². The Morgan fingerprint density at radius 2 is 2.06 bits per heavy atom. The summed E-state index contributed by atoms with van der Waals surface area (Å²) in [5.41, 5.74) is 0.212. The van der Waals surface area contributed by atoms with Gasteiger partial charge in [0.25, 0.3) is 0 Å². The van der Waals surface area contributed by atoms with Crippen LogP contribution < -0.4 is 5.32 Å². The van der Waals surface area contributed by atoms with Crippen molar-refractivity contribution in [3.63, 3.8) is 0 Å². The van der Waals surface area contributed by atoms with Crippen molar-refractivity contribution < 1.29 is 9.53 Å². The summed E-state index contributed by atoms with van der Waals surface area (Å²) in [5, 5.41) is 2.53. The van der Waals surface area contributed by atoms with E-state index in [0.29, 0.717) is 5.56 Å². The number of ether oxygens (including phenoxy) is 1. The molecule has 0 aliphatic rings. The second-order valence-electron chi connectivity index (χ2n) is 4.28. The van der Waals surface area contributed by atoms with Crippen LogP contribution in [0.1, 0.15) is 26.3 Å². The Morgan fingerprint density at radius 3 is 2.65 bits per heavy atom. The van der Waals surface area contributed by atoms with E-state index in [4.69, 9.17) is 4.74 Å². The van der Waals surface area contributed by atoms with Crippen molar-refractivity contribution in [2.24, 2.45) is 0 Å². The van der Waals surface area contributed by atoms with Crippen LogP contribution in [0.25, 0.3) is 0 Å². The van der Waals surface area contributed by atoms with E-state index in [1.165, 1.54) is 6.33 Å². The molecule has 0 radical (unpaired) electrons. The van der Waals surface area contributed by atoms with Crippen LogP contribution in [-0.2, 0) is 4.74 Å². The Morgan fingerprint density at radius 1 is 1.41 bits per heavy atom. The molecular formula is C12H15N3O2. The third-order valence-electron chi connectivity index (χ3n) is 1.51. The topological polar surface area (TPSA) is 64.1 Å². The van der Waals surface area contributed by atoms with E-state index < -0.39 is 11.7 Å². The third kappa shape index (κ3) is 6.15. The molecule has 0 saturated heterocycles. The molecule has 0 unspecified atom stereocenters. The standard InChI is InChI=1S/C12H15N3O2/c1-12(2,3)17-11(16)15-6-4-5-10-7-13-9-14-8-10/h7-9H,6H2,1-3H3,(H,15,16). The van der Waals surface area contributed by atoms with Crippen LogP contribution in [0.15, 0.2) is 18.7 Å². The van der Waals surface area contributed by atoms with Crippen LogP contribution in [0.2, 0.25) is 0 Å². The number of nitrogens with one attached hydrogen (secondary N) is 1. The van der Waals surface area contributed by atoms with Crippen molar-refractivity contribution in [1.82, 2.24) is 15.3 Å². The number of aromatic nitrogens is 2. The Hall–Kier alpha value is -2.09. The maximum Gasteiger partial charge on any atom is 0.408 e. The SMILES string of the molecule is CC(C)(C)OC(=O)NCC#Cc1cncnc1. The quantitative estimate of drug-likeness (QED) is 0.744. The molecule has 0 aliphatic heterocycles. The van der Waals surface area contributed by atoms with E-state index in [1.54, 1.807) is 33.2 Å². The molecule has 1 rings (SSSR count). The van der Waals surface area contributed by atoms with Crippen molar-refractivity contribution in [1.29, 1.82) is 0 Å². The summed E-state index contributed by atoms with van der Waals surface area (Å²) in [4.78, 5) is 18.9. The van der Waals surface area contributed by atoms with E-state index in [2.05, 4.69) is 27.1 Å². The van der Waals surface area contributed by atoms with Gasteiger partial charge >= 0.3 is 6.09 Å². The first-order valence-corrected chi connectivity index (χ1v) is 5.18. The maximum absolute atomic E-state index is 11.2. The summed E-state index contributed by atoms with van der Waals surface area (Å²) in [7, 11) is 0. The van der Waals surface area contributed by atoms with Gasteiger partial charge in [-0.1, -0.05) is 11.8 Å². The highest BCUT2D eigenvalue weighted by Crippen LogP contribution is 2.05. The Bertz CT molecular complexity index is 427. The molecule has 0 aromatic carbocycles. The lowest BCUT2D eigenvalue weighted by Crippen LogP contribution is -2.32.